The fourth-order valence-electron chi connectivity index (χ4n) is 3.13. The van der Waals surface area contributed by atoms with Gasteiger partial charge in [-0.15, -0.1) is 0 Å². The van der Waals surface area contributed by atoms with Crippen LogP contribution in [0.25, 0.3) is 0 Å². The third-order valence-electron chi connectivity index (χ3n) is 4.53. The normalized spacial score (nSPS) is 20.5. The number of carbonyl (C=O) groups excluding carboxylic acids is 1. The van der Waals surface area contributed by atoms with E-state index in [-0.39, 0.29) is 12.1 Å². The van der Waals surface area contributed by atoms with Crippen LogP contribution in [0.4, 0.5) is 4.79 Å². The molecule has 1 fully saturated rings. The molecule has 0 aliphatic heterocycles. The minimum Gasteiger partial charge on any atom is -0.472 e. The fourth-order valence-corrected chi connectivity index (χ4v) is 3.13. The first-order valence-electron chi connectivity index (χ1n) is 7.89. The highest BCUT2D eigenvalue weighted by atomic mass is 16.3. The molecule has 2 amide bonds. The van der Waals surface area contributed by atoms with Crippen LogP contribution < -0.4 is 5.32 Å². The molecule has 6 nitrogen and oxygen atoms in total. The third-order valence-corrected chi connectivity index (χ3v) is 4.53. The monoisotopic (exact) mass is 300 g/mol. The average Bonchev–Trinajstić information content (AvgIpc) is 3.03. The smallest absolute Gasteiger partial charge is 0.318 e. The highest BCUT2D eigenvalue weighted by molar-refractivity contribution is 5.75. The molecule has 2 aromatic heterocycles. The number of H-pyrrole nitrogens is 1. The summed E-state index contributed by atoms with van der Waals surface area (Å²) in [7, 11) is 0. The molecule has 0 radical (unpaired) electrons. The molecule has 2 aromatic rings. The Morgan fingerprint density at radius 1 is 1.45 bits per heavy atom. The van der Waals surface area contributed by atoms with Gasteiger partial charge in [0.1, 0.15) is 0 Å². The summed E-state index contributed by atoms with van der Waals surface area (Å²) >= 11 is 0. The van der Waals surface area contributed by atoms with Gasteiger partial charge in [-0.3, -0.25) is 5.10 Å². The largest absolute Gasteiger partial charge is 0.472 e. The lowest BCUT2D eigenvalue weighted by molar-refractivity contribution is 0.186. The Morgan fingerprint density at radius 2 is 2.36 bits per heavy atom. The first-order valence-corrected chi connectivity index (χ1v) is 7.89. The molecule has 6 heteroatoms. The number of rotatable bonds is 4. The molecule has 1 unspecified atom stereocenters. The Hall–Kier alpha value is -2.24. The number of nitrogens with zero attached hydrogens (tertiary/aromatic N) is 2. The lowest BCUT2D eigenvalue weighted by Crippen LogP contribution is -2.47. The van der Waals surface area contributed by atoms with Crippen molar-refractivity contribution in [2.24, 2.45) is 0 Å². The van der Waals surface area contributed by atoms with Gasteiger partial charge in [0.15, 0.2) is 0 Å². The summed E-state index contributed by atoms with van der Waals surface area (Å²) in [6.45, 7) is 0.622. The van der Waals surface area contributed by atoms with Crippen molar-refractivity contribution in [1.82, 2.24) is 20.4 Å². The zero-order valence-electron chi connectivity index (χ0n) is 12.4. The van der Waals surface area contributed by atoms with E-state index in [4.69, 9.17) is 4.42 Å². The van der Waals surface area contributed by atoms with Crippen LogP contribution in [0.15, 0.2) is 29.2 Å². The number of urea groups is 1. The molecular weight excluding hydrogens is 280 g/mol. The van der Waals surface area contributed by atoms with Crippen molar-refractivity contribution in [1.29, 1.82) is 0 Å². The van der Waals surface area contributed by atoms with Gasteiger partial charge < -0.3 is 14.6 Å². The number of hydrogen-bond acceptors (Lipinski definition) is 3. The van der Waals surface area contributed by atoms with Crippen molar-refractivity contribution in [3.8, 4) is 0 Å². The van der Waals surface area contributed by atoms with Crippen LogP contribution >= 0.6 is 0 Å². The van der Waals surface area contributed by atoms with E-state index in [1.165, 1.54) is 11.3 Å². The van der Waals surface area contributed by atoms with Crippen LogP contribution in [-0.4, -0.2) is 33.2 Å². The second kappa shape index (κ2) is 5.51. The van der Waals surface area contributed by atoms with E-state index in [1.54, 1.807) is 12.5 Å². The number of aryl methyl sites for hydroxylation is 1. The number of furan rings is 1. The molecule has 0 saturated heterocycles. The predicted molar refractivity (Wildman–Crippen MR) is 80.2 cm³/mol. The molecule has 1 saturated carbocycles. The maximum Gasteiger partial charge on any atom is 0.318 e. The molecule has 0 aromatic carbocycles. The summed E-state index contributed by atoms with van der Waals surface area (Å²) in [5.41, 5.74) is 3.48. The van der Waals surface area contributed by atoms with Crippen LogP contribution in [0.5, 0.6) is 0 Å². The molecule has 0 spiro atoms. The van der Waals surface area contributed by atoms with Gasteiger partial charge in [0, 0.05) is 23.3 Å². The van der Waals surface area contributed by atoms with Gasteiger partial charge in [0.2, 0.25) is 0 Å². The van der Waals surface area contributed by atoms with Gasteiger partial charge in [-0.1, -0.05) is 0 Å². The minimum absolute atomic E-state index is 0.0423. The van der Waals surface area contributed by atoms with Gasteiger partial charge in [0.25, 0.3) is 0 Å². The van der Waals surface area contributed by atoms with Crippen molar-refractivity contribution >= 4 is 6.03 Å². The zero-order chi connectivity index (χ0) is 14.9. The topological polar surface area (TPSA) is 74.2 Å². The van der Waals surface area contributed by atoms with Crippen molar-refractivity contribution in [3.05, 3.63) is 41.6 Å². The van der Waals surface area contributed by atoms with Crippen LogP contribution in [-0.2, 0) is 19.4 Å². The molecule has 2 N–H and O–H groups in total. The SMILES string of the molecule is O=C(NC1CCc2[nH]ncc2C1)N(Cc1ccoc1)C1CC1. The number of aromatic nitrogens is 2. The average molecular weight is 300 g/mol. The van der Waals surface area contributed by atoms with E-state index in [2.05, 4.69) is 15.5 Å². The molecule has 2 aliphatic rings. The van der Waals surface area contributed by atoms with E-state index < -0.39 is 0 Å². The second-order valence-electron chi connectivity index (χ2n) is 6.25. The molecule has 116 valence electrons. The van der Waals surface area contributed by atoms with Crippen LogP contribution in [0.1, 0.15) is 36.1 Å². The molecule has 0 bridgehead atoms. The number of hydrogen-bond donors (Lipinski definition) is 2. The molecule has 4 rings (SSSR count). The van der Waals surface area contributed by atoms with E-state index >= 15 is 0 Å². The molecule has 22 heavy (non-hydrogen) atoms. The summed E-state index contributed by atoms with van der Waals surface area (Å²) in [4.78, 5) is 14.6. The van der Waals surface area contributed by atoms with Gasteiger partial charge in [-0.05, 0) is 43.7 Å². The zero-order valence-corrected chi connectivity index (χ0v) is 12.4. The Bertz CT molecular complexity index is 645. The summed E-state index contributed by atoms with van der Waals surface area (Å²) in [6.07, 6.45) is 10.2. The standard InChI is InChI=1S/C16H20N4O2/c21-16(18-13-1-4-15-12(7-13)8-17-19-15)20(14-2-3-14)9-11-5-6-22-10-11/h5-6,8,10,13-14H,1-4,7,9H2,(H,17,19)(H,18,21). The summed E-state index contributed by atoms with van der Waals surface area (Å²) in [6, 6.07) is 2.54. The van der Waals surface area contributed by atoms with Gasteiger partial charge in [-0.2, -0.15) is 5.10 Å². The maximum atomic E-state index is 12.6. The number of amides is 2. The number of carbonyl (C=O) groups is 1. The first kappa shape index (κ1) is 13.4. The predicted octanol–water partition coefficient (Wildman–Crippen LogP) is 2.23. The second-order valence-corrected chi connectivity index (χ2v) is 6.25. The maximum absolute atomic E-state index is 12.6. The third kappa shape index (κ3) is 2.73. The fraction of sp³-hybridized carbons (Fsp3) is 0.500. The minimum atomic E-state index is 0.0423. The lowest BCUT2D eigenvalue weighted by Gasteiger charge is -2.28. The molecule has 1 atom stereocenters. The van der Waals surface area contributed by atoms with E-state index in [1.807, 2.05) is 17.2 Å². The van der Waals surface area contributed by atoms with E-state index in [9.17, 15) is 4.79 Å². The highest BCUT2D eigenvalue weighted by Crippen LogP contribution is 2.29. The Balaban J connectivity index is 1.40. The van der Waals surface area contributed by atoms with Crippen LogP contribution in [0, 0.1) is 0 Å². The van der Waals surface area contributed by atoms with Crippen molar-refractivity contribution in [3.63, 3.8) is 0 Å². The van der Waals surface area contributed by atoms with E-state index in [0.29, 0.717) is 12.6 Å². The van der Waals surface area contributed by atoms with Crippen LogP contribution in [0.3, 0.4) is 0 Å². The first-order chi connectivity index (χ1) is 10.8. The molecular formula is C16H20N4O2. The van der Waals surface area contributed by atoms with Gasteiger partial charge in [0.05, 0.1) is 25.3 Å². The summed E-state index contributed by atoms with van der Waals surface area (Å²) in [5.74, 6) is 0. The summed E-state index contributed by atoms with van der Waals surface area (Å²) in [5, 5.41) is 10.3. The molecule has 2 heterocycles. The molecule has 2 aliphatic carbocycles. The summed E-state index contributed by atoms with van der Waals surface area (Å²) < 4.78 is 5.11. The van der Waals surface area contributed by atoms with Gasteiger partial charge >= 0.3 is 6.03 Å². The highest BCUT2D eigenvalue weighted by Gasteiger charge is 2.34. The number of nitrogens with one attached hydrogen (secondary N) is 2. The lowest BCUT2D eigenvalue weighted by atomic mass is 9.94. The van der Waals surface area contributed by atoms with Crippen molar-refractivity contribution < 1.29 is 9.21 Å². The van der Waals surface area contributed by atoms with Crippen molar-refractivity contribution in [2.45, 2.75) is 50.7 Å². The van der Waals surface area contributed by atoms with Gasteiger partial charge in [-0.25, -0.2) is 4.79 Å². The number of fused-ring (bicyclic) bond motifs is 1. The Morgan fingerprint density at radius 3 is 3.14 bits per heavy atom. The van der Waals surface area contributed by atoms with Crippen molar-refractivity contribution in [2.75, 3.05) is 0 Å². The van der Waals surface area contributed by atoms with E-state index in [0.717, 1.165) is 37.7 Å². The Kier molecular flexibility index (Phi) is 3.36. The number of aromatic amines is 1. The Labute approximate surface area is 128 Å². The quantitative estimate of drug-likeness (QED) is 0.909. The van der Waals surface area contributed by atoms with Crippen LogP contribution in [0.2, 0.25) is 0 Å².